The van der Waals surface area contributed by atoms with Crippen LogP contribution in [0.3, 0.4) is 0 Å². The minimum Gasteiger partial charge on any atom is -0.457 e. The lowest BCUT2D eigenvalue weighted by Crippen LogP contribution is -2.39. The van der Waals surface area contributed by atoms with E-state index in [0.717, 1.165) is 35.5 Å². The molecule has 1 aromatic rings. The van der Waals surface area contributed by atoms with Gasteiger partial charge in [0.05, 0.1) is 16.8 Å². The largest absolute Gasteiger partial charge is 0.457 e. The van der Waals surface area contributed by atoms with Gasteiger partial charge in [-0.3, -0.25) is 9.59 Å². The number of aryl methyl sites for hydroxylation is 1. The number of carbonyl (C=O) groups excluding carboxylic acids is 2. The number of esters is 1. The van der Waals surface area contributed by atoms with E-state index in [4.69, 9.17) is 4.74 Å². The van der Waals surface area contributed by atoms with E-state index in [9.17, 15) is 14.7 Å². The second kappa shape index (κ2) is 14.7. The number of aromatic nitrogens is 1. The Balaban J connectivity index is 0.00000298. The van der Waals surface area contributed by atoms with Gasteiger partial charge in [-0.15, -0.1) is 11.3 Å². The van der Waals surface area contributed by atoms with Crippen molar-refractivity contribution in [1.82, 2.24) is 4.98 Å². The van der Waals surface area contributed by atoms with Crippen LogP contribution in [-0.2, 0) is 14.3 Å². The standard InChI is InChI=1S/C27H41NO4S.C2H6/c1-17-9-8-10-18(2)25(30)20(4)26(31)27(6,7)14-13-24(29)32-23(12-11-17)19(3)15-22-16-33-21(5)28-22;1-2/h11,15-16,18,20,23,25,30H,8-10,12-14H2,1-7H3;1-2H3/b17-11-,19-15+;/t18-,20+,23-,25-;/m0./s1. The van der Waals surface area contributed by atoms with Crippen molar-refractivity contribution < 1.29 is 19.4 Å². The number of rotatable bonds is 2. The number of ether oxygens (including phenoxy) is 1. The smallest absolute Gasteiger partial charge is 0.306 e. The van der Waals surface area contributed by atoms with E-state index in [1.807, 2.05) is 66.8 Å². The summed E-state index contributed by atoms with van der Waals surface area (Å²) in [7, 11) is 0. The van der Waals surface area contributed by atoms with Gasteiger partial charge in [0.25, 0.3) is 0 Å². The average molecular weight is 506 g/mol. The number of nitrogens with zero attached hydrogens (tertiary/aromatic N) is 1. The number of Topliss-reactive ketones (excluding diaryl/α,β-unsaturated/α-hetero) is 1. The molecule has 1 aromatic heterocycles. The van der Waals surface area contributed by atoms with Gasteiger partial charge in [-0.05, 0) is 64.0 Å². The first kappa shape index (κ1) is 31.2. The van der Waals surface area contributed by atoms with E-state index in [-0.39, 0.29) is 30.2 Å². The summed E-state index contributed by atoms with van der Waals surface area (Å²) in [6, 6.07) is 0. The van der Waals surface area contributed by atoms with E-state index in [1.165, 1.54) is 5.57 Å². The zero-order chi connectivity index (χ0) is 26.8. The fourth-order valence-corrected chi connectivity index (χ4v) is 4.97. The molecule has 0 radical (unpaired) electrons. The van der Waals surface area contributed by atoms with Crippen LogP contribution in [0.4, 0.5) is 0 Å². The lowest BCUT2D eigenvalue weighted by Gasteiger charge is -2.31. The second-order valence-corrected chi connectivity index (χ2v) is 11.4. The van der Waals surface area contributed by atoms with Crippen molar-refractivity contribution in [3.05, 3.63) is 33.3 Å². The second-order valence-electron chi connectivity index (χ2n) is 10.3. The maximum Gasteiger partial charge on any atom is 0.306 e. The molecule has 1 N–H and O–H groups in total. The number of ketones is 1. The molecule has 4 atom stereocenters. The Morgan fingerprint density at radius 3 is 2.46 bits per heavy atom. The van der Waals surface area contributed by atoms with Gasteiger partial charge in [-0.25, -0.2) is 4.98 Å². The number of thiazole rings is 1. The highest BCUT2D eigenvalue weighted by Gasteiger charge is 2.36. The topological polar surface area (TPSA) is 76.5 Å². The van der Waals surface area contributed by atoms with Crippen LogP contribution in [0.1, 0.15) is 105 Å². The van der Waals surface area contributed by atoms with Crippen LogP contribution in [0, 0.1) is 24.2 Å². The summed E-state index contributed by atoms with van der Waals surface area (Å²) in [4.78, 5) is 30.4. The first-order valence-electron chi connectivity index (χ1n) is 13.1. The number of hydrogen-bond donors (Lipinski definition) is 1. The normalized spacial score (nSPS) is 28.9. The van der Waals surface area contributed by atoms with Crippen molar-refractivity contribution in [2.45, 2.75) is 113 Å². The van der Waals surface area contributed by atoms with Gasteiger partial charge in [-0.2, -0.15) is 0 Å². The van der Waals surface area contributed by atoms with Gasteiger partial charge in [0.1, 0.15) is 11.9 Å². The predicted octanol–water partition coefficient (Wildman–Crippen LogP) is 7.32. The van der Waals surface area contributed by atoms with E-state index in [2.05, 4.69) is 18.0 Å². The van der Waals surface area contributed by atoms with Crippen molar-refractivity contribution in [3.8, 4) is 0 Å². The third-order valence-corrected chi connectivity index (χ3v) is 7.63. The predicted molar refractivity (Wildman–Crippen MR) is 146 cm³/mol. The molecule has 0 aliphatic carbocycles. The van der Waals surface area contributed by atoms with Crippen LogP contribution in [-0.4, -0.2) is 34.1 Å². The highest BCUT2D eigenvalue weighted by molar-refractivity contribution is 7.09. The quantitative estimate of drug-likeness (QED) is 0.336. The molecule has 198 valence electrons. The van der Waals surface area contributed by atoms with Gasteiger partial charge in [0, 0.05) is 29.6 Å². The van der Waals surface area contributed by atoms with Gasteiger partial charge < -0.3 is 9.84 Å². The molecule has 0 fully saturated rings. The van der Waals surface area contributed by atoms with Crippen molar-refractivity contribution >= 4 is 29.2 Å². The van der Waals surface area contributed by atoms with E-state index >= 15 is 0 Å². The number of aliphatic hydroxyl groups excluding tert-OH is 1. The van der Waals surface area contributed by atoms with Crippen molar-refractivity contribution in [2.24, 2.45) is 17.3 Å². The number of cyclic esters (lactones) is 1. The lowest BCUT2D eigenvalue weighted by molar-refractivity contribution is -0.148. The summed E-state index contributed by atoms with van der Waals surface area (Å²) >= 11 is 1.60. The van der Waals surface area contributed by atoms with Gasteiger partial charge >= 0.3 is 5.97 Å². The molecule has 1 aliphatic heterocycles. The monoisotopic (exact) mass is 505 g/mol. The van der Waals surface area contributed by atoms with Gasteiger partial charge in [0.15, 0.2) is 0 Å². The highest BCUT2D eigenvalue weighted by atomic mass is 32.1. The number of aliphatic hydroxyl groups is 1. The van der Waals surface area contributed by atoms with Crippen LogP contribution in [0.25, 0.3) is 6.08 Å². The molecule has 0 bridgehead atoms. The minimum absolute atomic E-state index is 0.00403. The molecule has 2 rings (SSSR count). The maximum atomic E-state index is 13.1. The Morgan fingerprint density at radius 1 is 1.20 bits per heavy atom. The Labute approximate surface area is 217 Å². The maximum absolute atomic E-state index is 13.1. The molecule has 0 unspecified atom stereocenters. The highest BCUT2D eigenvalue weighted by Crippen LogP contribution is 2.32. The molecular formula is C29H47NO4S. The summed E-state index contributed by atoms with van der Waals surface area (Å²) in [5.74, 6) is -0.716. The van der Waals surface area contributed by atoms with E-state index in [1.54, 1.807) is 11.3 Å². The fourth-order valence-electron chi connectivity index (χ4n) is 4.40. The first-order valence-corrected chi connectivity index (χ1v) is 14.0. The van der Waals surface area contributed by atoms with E-state index in [0.29, 0.717) is 12.8 Å². The van der Waals surface area contributed by atoms with Crippen molar-refractivity contribution in [2.75, 3.05) is 0 Å². The first-order chi connectivity index (χ1) is 16.4. The molecule has 35 heavy (non-hydrogen) atoms. The van der Waals surface area contributed by atoms with Crippen LogP contribution in [0.15, 0.2) is 22.6 Å². The van der Waals surface area contributed by atoms with Crippen molar-refractivity contribution in [3.63, 3.8) is 0 Å². The van der Waals surface area contributed by atoms with Crippen LogP contribution in [0.2, 0.25) is 0 Å². The Kier molecular flexibility index (Phi) is 13.1. The van der Waals surface area contributed by atoms with Crippen molar-refractivity contribution in [1.29, 1.82) is 0 Å². The molecular weight excluding hydrogens is 458 g/mol. The Bertz CT molecular complexity index is 883. The van der Waals surface area contributed by atoms with Crippen LogP contribution < -0.4 is 0 Å². The average Bonchev–Trinajstić information content (AvgIpc) is 3.23. The number of carbonyl (C=O) groups is 2. The Hall–Kier alpha value is -1.79. The van der Waals surface area contributed by atoms with Gasteiger partial charge in [-0.1, -0.05) is 53.2 Å². The lowest BCUT2D eigenvalue weighted by atomic mass is 9.74. The van der Waals surface area contributed by atoms with Crippen LogP contribution >= 0.6 is 11.3 Å². The van der Waals surface area contributed by atoms with Crippen LogP contribution in [0.5, 0.6) is 0 Å². The molecule has 6 heteroatoms. The summed E-state index contributed by atoms with van der Waals surface area (Å²) in [5.41, 5.74) is 2.38. The zero-order valence-electron chi connectivity index (χ0n) is 23.3. The molecule has 2 heterocycles. The molecule has 0 aromatic carbocycles. The molecule has 1 aliphatic rings. The third-order valence-electron chi connectivity index (χ3n) is 6.83. The third kappa shape index (κ3) is 10.0. The Morgan fingerprint density at radius 2 is 1.86 bits per heavy atom. The SMILES string of the molecule is C/C1=C/C[C@@H](/C(C)=C/c2csc(C)n2)OC(=O)CCC(C)(C)C(=O)[C@H](C)[C@@H](O)[C@@H](C)CCC1.CC. The number of allylic oxidation sites excluding steroid dienone is 1. The molecule has 0 amide bonds. The molecule has 0 spiro atoms. The van der Waals surface area contributed by atoms with E-state index < -0.39 is 17.4 Å². The fraction of sp³-hybridized carbons (Fsp3) is 0.690. The summed E-state index contributed by atoms with van der Waals surface area (Å²) < 4.78 is 5.90. The minimum atomic E-state index is -0.703. The molecule has 0 saturated heterocycles. The zero-order valence-corrected chi connectivity index (χ0v) is 24.1. The molecule has 5 nitrogen and oxygen atoms in total. The summed E-state index contributed by atoms with van der Waals surface area (Å²) in [5, 5.41) is 13.8. The number of hydrogen-bond acceptors (Lipinski definition) is 6. The summed E-state index contributed by atoms with van der Waals surface area (Å²) in [6.07, 6.45) is 7.01. The summed E-state index contributed by atoms with van der Waals surface area (Å²) in [6.45, 7) is 17.6. The van der Waals surface area contributed by atoms with Gasteiger partial charge in [0.2, 0.25) is 0 Å². The molecule has 0 saturated carbocycles.